The van der Waals surface area contributed by atoms with Gasteiger partial charge in [0.2, 0.25) is 0 Å². The molecule has 21 heavy (non-hydrogen) atoms. The van der Waals surface area contributed by atoms with Gasteiger partial charge in [0.15, 0.2) is 0 Å². The number of anilines is 1. The molecule has 0 bridgehead atoms. The molecule has 6 heteroatoms. The van der Waals surface area contributed by atoms with Gasteiger partial charge < -0.3 is 0 Å². The van der Waals surface area contributed by atoms with Gasteiger partial charge in [0, 0.05) is 6.54 Å². The van der Waals surface area contributed by atoms with E-state index in [1.807, 2.05) is 19.9 Å². The predicted octanol–water partition coefficient (Wildman–Crippen LogP) is 2.08. The minimum Gasteiger partial charge on any atom is -0.296 e. The first-order valence-corrected chi connectivity index (χ1v) is 6.71. The molecule has 0 radical (unpaired) electrons. The van der Waals surface area contributed by atoms with Crippen molar-refractivity contribution in [3.05, 3.63) is 47.0 Å². The van der Waals surface area contributed by atoms with Crippen molar-refractivity contribution in [2.45, 2.75) is 26.9 Å². The van der Waals surface area contributed by atoms with Crippen molar-refractivity contribution in [2.75, 3.05) is 4.90 Å². The van der Waals surface area contributed by atoms with Gasteiger partial charge in [-0.15, -0.1) is 0 Å². The predicted molar refractivity (Wildman–Crippen MR) is 74.6 cm³/mol. The molecule has 0 aliphatic carbocycles. The number of nitrogens with zero attached hydrogens (tertiary/aromatic N) is 3. The highest BCUT2D eigenvalue weighted by atomic mass is 19.1. The number of benzene rings is 1. The Balaban J connectivity index is 2.04. The highest BCUT2D eigenvalue weighted by Crippen LogP contribution is 2.32. The van der Waals surface area contributed by atoms with Gasteiger partial charge in [0.25, 0.3) is 11.7 Å². The van der Waals surface area contributed by atoms with Crippen molar-refractivity contribution < 1.29 is 14.0 Å². The van der Waals surface area contributed by atoms with Gasteiger partial charge in [0.1, 0.15) is 5.82 Å². The minimum atomic E-state index is -0.698. The van der Waals surface area contributed by atoms with Gasteiger partial charge in [-0.1, -0.05) is 6.07 Å². The van der Waals surface area contributed by atoms with Crippen LogP contribution in [-0.2, 0) is 17.9 Å². The number of fused-ring (bicyclic) bond motifs is 1. The summed E-state index contributed by atoms with van der Waals surface area (Å²) in [7, 11) is 0. The zero-order chi connectivity index (χ0) is 15.1. The zero-order valence-electron chi connectivity index (χ0n) is 11.8. The maximum absolute atomic E-state index is 14.0. The summed E-state index contributed by atoms with van der Waals surface area (Å²) in [5.74, 6) is -1.92. The fraction of sp³-hybridized carbons (Fsp3) is 0.267. The Morgan fingerprint density at radius 1 is 1.29 bits per heavy atom. The summed E-state index contributed by atoms with van der Waals surface area (Å²) in [6, 6.07) is 5.99. The standard InChI is InChI=1S/C15H14FN3O2/c1-3-19-10(7-9(2)17-19)8-18-13-11(14(20)15(18)21)5-4-6-12(13)16/h4-7H,3,8H2,1-2H3. The van der Waals surface area contributed by atoms with Crippen LogP contribution in [0.3, 0.4) is 0 Å². The smallest absolute Gasteiger partial charge is 0.296 e. The van der Waals surface area contributed by atoms with E-state index in [9.17, 15) is 14.0 Å². The second-order valence-corrected chi connectivity index (χ2v) is 4.95. The van der Waals surface area contributed by atoms with E-state index < -0.39 is 17.5 Å². The fourth-order valence-corrected chi connectivity index (χ4v) is 2.63. The molecule has 2 heterocycles. The summed E-state index contributed by atoms with van der Waals surface area (Å²) >= 11 is 0. The SMILES string of the molecule is CCn1nc(C)cc1CN1C(=O)C(=O)c2cccc(F)c21. The lowest BCUT2D eigenvalue weighted by molar-refractivity contribution is -0.114. The molecule has 2 aromatic rings. The van der Waals surface area contributed by atoms with Crippen molar-refractivity contribution in [2.24, 2.45) is 0 Å². The number of Topliss-reactive ketones (excluding diaryl/α,β-unsaturated/α-hetero) is 1. The quantitative estimate of drug-likeness (QED) is 0.812. The normalized spacial score (nSPS) is 14.0. The molecular weight excluding hydrogens is 273 g/mol. The molecule has 0 unspecified atom stereocenters. The zero-order valence-corrected chi connectivity index (χ0v) is 11.8. The van der Waals surface area contributed by atoms with Crippen LogP contribution in [0.2, 0.25) is 0 Å². The minimum absolute atomic E-state index is 0.0639. The second-order valence-electron chi connectivity index (χ2n) is 4.95. The molecule has 0 N–H and O–H groups in total. The van der Waals surface area contributed by atoms with E-state index in [-0.39, 0.29) is 17.8 Å². The van der Waals surface area contributed by atoms with Crippen LogP contribution >= 0.6 is 0 Å². The van der Waals surface area contributed by atoms with E-state index in [1.165, 1.54) is 23.1 Å². The average Bonchev–Trinajstić information content (AvgIpc) is 2.93. The molecule has 0 fully saturated rings. The van der Waals surface area contributed by atoms with Crippen LogP contribution < -0.4 is 4.90 Å². The number of ketones is 1. The van der Waals surface area contributed by atoms with Gasteiger partial charge in [-0.2, -0.15) is 5.10 Å². The summed E-state index contributed by atoms with van der Waals surface area (Å²) in [4.78, 5) is 25.2. The van der Waals surface area contributed by atoms with Gasteiger partial charge in [-0.05, 0) is 32.0 Å². The van der Waals surface area contributed by atoms with Crippen molar-refractivity contribution in [3.8, 4) is 0 Å². The van der Waals surface area contributed by atoms with Gasteiger partial charge in [-0.25, -0.2) is 4.39 Å². The summed E-state index contributed by atoms with van der Waals surface area (Å²) in [5, 5.41) is 4.29. The molecule has 1 aliphatic heterocycles. The van der Waals surface area contributed by atoms with E-state index in [0.717, 1.165) is 11.4 Å². The van der Waals surface area contributed by atoms with Crippen LogP contribution in [0.4, 0.5) is 10.1 Å². The lowest BCUT2D eigenvalue weighted by Gasteiger charge is -2.17. The summed E-state index contributed by atoms with van der Waals surface area (Å²) in [6.45, 7) is 4.55. The molecule has 1 aliphatic rings. The van der Waals surface area contributed by atoms with Gasteiger partial charge in [-0.3, -0.25) is 19.2 Å². The van der Waals surface area contributed by atoms with E-state index in [0.29, 0.717) is 6.54 Å². The molecule has 3 rings (SSSR count). The van der Waals surface area contributed by atoms with E-state index in [1.54, 1.807) is 4.68 Å². The van der Waals surface area contributed by atoms with Crippen LogP contribution in [0.15, 0.2) is 24.3 Å². The fourth-order valence-electron chi connectivity index (χ4n) is 2.63. The third kappa shape index (κ3) is 2.03. The monoisotopic (exact) mass is 287 g/mol. The summed E-state index contributed by atoms with van der Waals surface area (Å²) in [6.07, 6.45) is 0. The molecule has 0 atom stereocenters. The van der Waals surface area contributed by atoms with Crippen molar-refractivity contribution in [1.82, 2.24) is 9.78 Å². The number of halogens is 1. The van der Waals surface area contributed by atoms with Crippen molar-refractivity contribution in [3.63, 3.8) is 0 Å². The number of amides is 1. The van der Waals surface area contributed by atoms with Crippen molar-refractivity contribution >= 4 is 17.4 Å². The Morgan fingerprint density at radius 3 is 2.76 bits per heavy atom. The lowest BCUT2D eigenvalue weighted by Crippen LogP contribution is -2.30. The number of carbonyl (C=O) groups excluding carboxylic acids is 2. The van der Waals surface area contributed by atoms with E-state index in [4.69, 9.17) is 0 Å². The molecule has 1 amide bonds. The Bertz CT molecular complexity index is 751. The lowest BCUT2D eigenvalue weighted by atomic mass is 10.1. The molecule has 0 saturated heterocycles. The van der Waals surface area contributed by atoms with E-state index >= 15 is 0 Å². The third-order valence-electron chi connectivity index (χ3n) is 3.55. The van der Waals surface area contributed by atoms with Crippen LogP contribution in [-0.4, -0.2) is 21.5 Å². The van der Waals surface area contributed by atoms with Crippen molar-refractivity contribution in [1.29, 1.82) is 0 Å². The number of rotatable bonds is 3. The number of hydrogen-bond donors (Lipinski definition) is 0. The van der Waals surface area contributed by atoms with Crippen LogP contribution in [0.1, 0.15) is 28.7 Å². The first-order valence-electron chi connectivity index (χ1n) is 6.71. The van der Waals surface area contributed by atoms with Crippen LogP contribution in [0, 0.1) is 12.7 Å². The highest BCUT2D eigenvalue weighted by Gasteiger charge is 2.38. The third-order valence-corrected chi connectivity index (χ3v) is 3.55. The maximum atomic E-state index is 14.0. The average molecular weight is 287 g/mol. The topological polar surface area (TPSA) is 55.2 Å². The molecule has 108 valence electrons. The molecule has 0 spiro atoms. The first kappa shape index (κ1) is 13.5. The largest absolute Gasteiger partial charge is 0.299 e. The number of para-hydroxylation sites is 1. The molecule has 0 saturated carbocycles. The van der Waals surface area contributed by atoms with Crippen LogP contribution in [0.25, 0.3) is 0 Å². The number of carbonyl (C=O) groups is 2. The second kappa shape index (κ2) is 4.80. The van der Waals surface area contributed by atoms with Gasteiger partial charge in [0.05, 0.1) is 29.2 Å². The van der Waals surface area contributed by atoms with Gasteiger partial charge >= 0.3 is 0 Å². The highest BCUT2D eigenvalue weighted by molar-refractivity contribution is 6.52. The number of hydrogen-bond acceptors (Lipinski definition) is 3. The Morgan fingerprint density at radius 2 is 2.05 bits per heavy atom. The maximum Gasteiger partial charge on any atom is 0.299 e. The Labute approximate surface area is 121 Å². The number of aryl methyl sites for hydroxylation is 2. The molecule has 1 aromatic carbocycles. The number of aromatic nitrogens is 2. The molecule has 5 nitrogen and oxygen atoms in total. The van der Waals surface area contributed by atoms with Crippen LogP contribution in [0.5, 0.6) is 0 Å². The molecular formula is C15H14FN3O2. The summed E-state index contributed by atoms with van der Waals surface area (Å²) < 4.78 is 15.8. The summed E-state index contributed by atoms with van der Waals surface area (Å²) in [5.41, 5.74) is 1.78. The van der Waals surface area contributed by atoms with E-state index in [2.05, 4.69) is 5.10 Å². The molecule has 1 aromatic heterocycles. The first-order chi connectivity index (χ1) is 10.0. The Kier molecular flexibility index (Phi) is 3.08. The Hall–Kier alpha value is -2.50.